The molecule has 0 radical (unpaired) electrons. The summed E-state index contributed by atoms with van der Waals surface area (Å²) in [5.41, 5.74) is 2.34. The zero-order chi connectivity index (χ0) is 24.2. The van der Waals surface area contributed by atoms with Crippen molar-refractivity contribution >= 4 is 17.7 Å². The van der Waals surface area contributed by atoms with Crippen molar-refractivity contribution in [1.29, 1.82) is 0 Å². The predicted octanol–water partition coefficient (Wildman–Crippen LogP) is 3.25. The molecule has 2 aromatic rings. The van der Waals surface area contributed by atoms with Crippen LogP contribution in [0.25, 0.3) is 5.69 Å². The molecule has 0 bridgehead atoms. The Bertz CT molecular complexity index is 1080. The summed E-state index contributed by atoms with van der Waals surface area (Å²) in [6.45, 7) is 3.68. The van der Waals surface area contributed by atoms with Crippen molar-refractivity contribution in [2.45, 2.75) is 68.3 Å². The smallest absolute Gasteiger partial charge is 0.264 e. The number of likely N-dealkylation sites (tertiary alicyclic amines) is 1. The summed E-state index contributed by atoms with van der Waals surface area (Å²) in [5.74, 6) is 0.163. The molecule has 1 saturated heterocycles. The number of para-hydroxylation sites is 1. The average molecular weight is 497 g/mol. The number of carbonyl (C=O) groups is 1. The maximum atomic E-state index is 13.8. The van der Waals surface area contributed by atoms with E-state index >= 15 is 0 Å². The summed E-state index contributed by atoms with van der Waals surface area (Å²) < 4.78 is 1.78. The van der Waals surface area contributed by atoms with Gasteiger partial charge in [0.2, 0.25) is 5.91 Å². The van der Waals surface area contributed by atoms with Crippen molar-refractivity contribution in [2.75, 3.05) is 32.8 Å². The number of thioether (sulfide) groups is 1. The van der Waals surface area contributed by atoms with Crippen molar-refractivity contribution in [2.24, 2.45) is 5.92 Å². The molecule has 1 aromatic carbocycles. The van der Waals surface area contributed by atoms with Crippen LogP contribution in [0, 0.1) is 5.92 Å². The Hall–Kier alpha value is -2.16. The van der Waals surface area contributed by atoms with Gasteiger partial charge in [0.05, 0.1) is 29.4 Å². The maximum absolute atomic E-state index is 13.8. The highest BCUT2D eigenvalue weighted by Crippen LogP contribution is 2.34. The Balaban J connectivity index is 1.35. The van der Waals surface area contributed by atoms with Crippen molar-refractivity contribution in [1.82, 2.24) is 19.4 Å². The number of rotatable bonds is 8. The molecule has 0 unspecified atom stereocenters. The Morgan fingerprint density at radius 3 is 2.60 bits per heavy atom. The number of hydrogen-bond acceptors (Lipinski definition) is 6. The molecule has 188 valence electrons. The second-order valence-electron chi connectivity index (χ2n) is 10.1. The Morgan fingerprint density at radius 2 is 1.86 bits per heavy atom. The van der Waals surface area contributed by atoms with E-state index in [4.69, 9.17) is 10.1 Å². The molecular formula is C27H36N4O3S. The lowest BCUT2D eigenvalue weighted by atomic mass is 9.96. The zero-order valence-corrected chi connectivity index (χ0v) is 21.2. The predicted molar refractivity (Wildman–Crippen MR) is 138 cm³/mol. The van der Waals surface area contributed by atoms with Crippen LogP contribution >= 0.6 is 11.8 Å². The number of aliphatic hydroxyl groups excluding tert-OH is 1. The summed E-state index contributed by atoms with van der Waals surface area (Å²) in [4.78, 5) is 36.2. The van der Waals surface area contributed by atoms with E-state index in [9.17, 15) is 9.59 Å². The van der Waals surface area contributed by atoms with Crippen LogP contribution in [-0.2, 0) is 17.8 Å². The third-order valence-electron chi connectivity index (χ3n) is 7.54. The molecule has 1 aliphatic carbocycles. The molecule has 1 N–H and O–H groups in total. The number of carbonyl (C=O) groups excluding carboxylic acids is 1. The molecule has 1 saturated carbocycles. The fraction of sp³-hybridized carbons (Fsp3) is 0.593. The standard InChI is InChI=1S/C27H36N4O3S/c32-16-8-7-14-29-17-20(18-29)25(33)30-15-13-24-23(19-30)26(34)31(21-9-3-1-4-10-21)27(28-24)35-22-11-5-2-6-12-22/h1,3-4,9-10,20,22,32H,2,5-8,11-19H2. The van der Waals surface area contributed by atoms with Gasteiger partial charge in [-0.2, -0.15) is 0 Å². The maximum Gasteiger partial charge on any atom is 0.264 e. The van der Waals surface area contributed by atoms with Gasteiger partial charge in [-0.05, 0) is 44.4 Å². The number of unbranched alkanes of at least 4 members (excludes halogenated alkanes) is 1. The molecule has 1 aromatic heterocycles. The van der Waals surface area contributed by atoms with Crippen LogP contribution in [0.4, 0.5) is 0 Å². The molecule has 2 fully saturated rings. The van der Waals surface area contributed by atoms with E-state index in [2.05, 4.69) is 4.90 Å². The average Bonchev–Trinajstić information content (AvgIpc) is 2.86. The van der Waals surface area contributed by atoms with E-state index in [1.165, 1.54) is 32.1 Å². The van der Waals surface area contributed by atoms with E-state index in [1.807, 2.05) is 35.2 Å². The second kappa shape index (κ2) is 11.3. The molecule has 35 heavy (non-hydrogen) atoms. The number of fused-ring (bicyclic) bond motifs is 1. The summed E-state index contributed by atoms with van der Waals surface area (Å²) in [5, 5.41) is 10.3. The van der Waals surface area contributed by atoms with Gasteiger partial charge < -0.3 is 14.9 Å². The van der Waals surface area contributed by atoms with Gasteiger partial charge in [-0.1, -0.05) is 49.2 Å². The number of benzene rings is 1. The first-order chi connectivity index (χ1) is 17.1. The summed E-state index contributed by atoms with van der Waals surface area (Å²) in [6, 6.07) is 9.79. The summed E-state index contributed by atoms with van der Waals surface area (Å²) in [7, 11) is 0. The van der Waals surface area contributed by atoms with Crippen LogP contribution in [0.2, 0.25) is 0 Å². The van der Waals surface area contributed by atoms with Crippen molar-refractivity contribution < 1.29 is 9.90 Å². The van der Waals surface area contributed by atoms with Gasteiger partial charge in [0, 0.05) is 37.9 Å². The first-order valence-corrected chi connectivity index (χ1v) is 14.0. The quantitative estimate of drug-likeness (QED) is 0.447. The van der Waals surface area contributed by atoms with Gasteiger partial charge in [0.15, 0.2) is 5.16 Å². The second-order valence-corrected chi connectivity index (χ2v) is 11.3. The third-order valence-corrected chi connectivity index (χ3v) is 8.83. The fourth-order valence-corrected chi connectivity index (χ4v) is 6.80. The first-order valence-electron chi connectivity index (χ1n) is 13.1. The minimum Gasteiger partial charge on any atom is -0.396 e. The molecule has 7 nitrogen and oxygen atoms in total. The van der Waals surface area contributed by atoms with Gasteiger partial charge >= 0.3 is 0 Å². The van der Waals surface area contributed by atoms with E-state index < -0.39 is 0 Å². The molecule has 1 amide bonds. The monoisotopic (exact) mass is 496 g/mol. The topological polar surface area (TPSA) is 78.7 Å². The Morgan fingerprint density at radius 1 is 1.09 bits per heavy atom. The van der Waals surface area contributed by atoms with E-state index in [0.29, 0.717) is 30.3 Å². The molecule has 8 heteroatoms. The molecule has 2 aliphatic heterocycles. The fourth-order valence-electron chi connectivity index (χ4n) is 5.47. The zero-order valence-electron chi connectivity index (χ0n) is 20.4. The molecule has 0 spiro atoms. The van der Waals surface area contributed by atoms with Crippen LogP contribution in [0.1, 0.15) is 56.2 Å². The van der Waals surface area contributed by atoms with Gasteiger partial charge in [-0.25, -0.2) is 4.98 Å². The number of aliphatic hydroxyl groups is 1. The van der Waals surface area contributed by atoms with Crippen LogP contribution in [0.15, 0.2) is 40.3 Å². The lowest BCUT2D eigenvalue weighted by molar-refractivity contribution is -0.142. The molecule has 0 atom stereocenters. The lowest BCUT2D eigenvalue weighted by Gasteiger charge is -2.41. The van der Waals surface area contributed by atoms with Crippen molar-refractivity contribution in [3.8, 4) is 5.69 Å². The minimum atomic E-state index is -0.0313. The largest absolute Gasteiger partial charge is 0.396 e. The molecule has 3 heterocycles. The van der Waals surface area contributed by atoms with Gasteiger partial charge in [0.1, 0.15) is 0 Å². The third kappa shape index (κ3) is 5.49. The van der Waals surface area contributed by atoms with E-state index in [0.717, 1.165) is 49.0 Å². The van der Waals surface area contributed by atoms with Gasteiger partial charge in [0.25, 0.3) is 5.56 Å². The number of amides is 1. The van der Waals surface area contributed by atoms with E-state index in [1.54, 1.807) is 16.3 Å². The highest BCUT2D eigenvalue weighted by molar-refractivity contribution is 7.99. The molecular weight excluding hydrogens is 460 g/mol. The highest BCUT2D eigenvalue weighted by atomic mass is 32.2. The molecule has 5 rings (SSSR count). The Kier molecular flexibility index (Phi) is 7.90. The SMILES string of the molecule is O=C(C1CN(CCCCO)C1)N1CCc2nc(SC3CCCCC3)n(-c3ccccc3)c(=O)c2C1. The first kappa shape index (κ1) is 24.5. The van der Waals surface area contributed by atoms with Crippen molar-refractivity contribution in [3.05, 3.63) is 51.9 Å². The van der Waals surface area contributed by atoms with E-state index in [-0.39, 0.29) is 24.0 Å². The van der Waals surface area contributed by atoms with Crippen LogP contribution in [0.5, 0.6) is 0 Å². The van der Waals surface area contributed by atoms with Crippen molar-refractivity contribution in [3.63, 3.8) is 0 Å². The number of aromatic nitrogens is 2. The highest BCUT2D eigenvalue weighted by Gasteiger charge is 2.37. The minimum absolute atomic E-state index is 0.0103. The van der Waals surface area contributed by atoms with Crippen LogP contribution < -0.4 is 5.56 Å². The lowest BCUT2D eigenvalue weighted by Crippen LogP contribution is -2.55. The van der Waals surface area contributed by atoms with Gasteiger partial charge in [-0.15, -0.1) is 0 Å². The summed E-state index contributed by atoms with van der Waals surface area (Å²) in [6.07, 6.45) is 8.54. The van der Waals surface area contributed by atoms with Crippen LogP contribution in [-0.4, -0.2) is 68.4 Å². The number of nitrogens with zero attached hydrogens (tertiary/aromatic N) is 4. The molecule has 3 aliphatic rings. The normalized spacial score (nSPS) is 19.4. The van der Waals surface area contributed by atoms with Gasteiger partial charge in [-0.3, -0.25) is 14.2 Å². The van der Waals surface area contributed by atoms with Crippen LogP contribution in [0.3, 0.4) is 0 Å². The number of hydrogen-bond donors (Lipinski definition) is 1. The Labute approximate surface area is 211 Å². The summed E-state index contributed by atoms with van der Waals surface area (Å²) >= 11 is 1.76.